The summed E-state index contributed by atoms with van der Waals surface area (Å²) in [4.78, 5) is 22.7. The number of aromatic nitrogens is 8. The van der Waals surface area contributed by atoms with Crippen molar-refractivity contribution >= 4 is 32.8 Å². The number of amides is 1. The van der Waals surface area contributed by atoms with E-state index < -0.39 is 15.6 Å². The molecule has 1 aliphatic heterocycles. The molecule has 202 valence electrons. The van der Waals surface area contributed by atoms with Crippen molar-refractivity contribution in [3.05, 3.63) is 55.5 Å². The van der Waals surface area contributed by atoms with E-state index in [0.717, 1.165) is 22.5 Å². The number of hydrogen-bond acceptors (Lipinski definition) is 9. The van der Waals surface area contributed by atoms with E-state index in [2.05, 4.69) is 25.3 Å². The Bertz CT molecular complexity index is 1790. The van der Waals surface area contributed by atoms with Crippen molar-refractivity contribution in [3.8, 4) is 11.1 Å². The number of carbonyl (C=O) groups is 1. The highest BCUT2D eigenvalue weighted by Crippen LogP contribution is 2.29. The third-order valence-electron chi connectivity index (χ3n) is 6.57. The zero-order valence-electron chi connectivity index (χ0n) is 21.7. The van der Waals surface area contributed by atoms with Crippen LogP contribution in [0.1, 0.15) is 39.7 Å². The Balaban J connectivity index is 1.24. The summed E-state index contributed by atoms with van der Waals surface area (Å²) in [7, 11) is -4.08. The van der Waals surface area contributed by atoms with Crippen molar-refractivity contribution in [2.45, 2.75) is 50.2 Å². The van der Waals surface area contributed by atoms with Crippen LogP contribution in [0.4, 0.5) is 4.79 Å². The van der Waals surface area contributed by atoms with E-state index in [4.69, 9.17) is 4.74 Å². The summed E-state index contributed by atoms with van der Waals surface area (Å²) in [6, 6.07) is 3.53. The summed E-state index contributed by atoms with van der Waals surface area (Å²) in [5.74, 6) is 0. The normalized spacial score (nSPS) is 15.3. The standard InChI is InChI=1S/C25H27N9O4S/c1-25(2,3)38-24(35)31-9-5-19(6-10-31)33-16-18(13-28-33)17-11-21-20(27-12-17)14-30-34(21)39(36,37)22-15-29-32-8-4-7-26-23(22)32/h4,7-8,11-16,19H,5-6,9-10H2,1-3H3. The van der Waals surface area contributed by atoms with Gasteiger partial charge in [-0.1, -0.05) is 0 Å². The largest absolute Gasteiger partial charge is 0.444 e. The minimum absolute atomic E-state index is 0.0518. The van der Waals surface area contributed by atoms with Crippen LogP contribution >= 0.6 is 0 Å². The molecular weight excluding hydrogens is 522 g/mol. The molecule has 1 amide bonds. The topological polar surface area (TPSA) is 142 Å². The predicted octanol–water partition coefficient (Wildman–Crippen LogP) is 3.15. The molecule has 13 nitrogen and oxygen atoms in total. The summed E-state index contributed by atoms with van der Waals surface area (Å²) in [6.07, 6.45) is 12.3. The number of nitrogens with zero attached hydrogens (tertiary/aromatic N) is 9. The molecule has 6 rings (SSSR count). The van der Waals surface area contributed by atoms with Gasteiger partial charge in [0.1, 0.15) is 16.6 Å². The number of ether oxygens (including phenoxy) is 1. The van der Waals surface area contributed by atoms with Gasteiger partial charge >= 0.3 is 6.09 Å². The molecule has 39 heavy (non-hydrogen) atoms. The fraction of sp³-hybridized carbons (Fsp3) is 0.360. The first-order valence-electron chi connectivity index (χ1n) is 12.5. The van der Waals surface area contributed by atoms with Gasteiger partial charge in [0.2, 0.25) is 0 Å². The molecule has 0 unspecified atom stereocenters. The Morgan fingerprint density at radius 2 is 1.79 bits per heavy atom. The fourth-order valence-electron chi connectivity index (χ4n) is 4.64. The number of fused-ring (bicyclic) bond motifs is 2. The summed E-state index contributed by atoms with van der Waals surface area (Å²) < 4.78 is 36.8. The highest BCUT2D eigenvalue weighted by molar-refractivity contribution is 7.90. The predicted molar refractivity (Wildman–Crippen MR) is 140 cm³/mol. The van der Waals surface area contributed by atoms with Crippen molar-refractivity contribution < 1.29 is 17.9 Å². The molecule has 0 N–H and O–H groups in total. The molecule has 0 atom stereocenters. The molecule has 0 spiro atoms. The van der Waals surface area contributed by atoms with Gasteiger partial charge in [-0.15, -0.1) is 0 Å². The van der Waals surface area contributed by atoms with Crippen LogP contribution in [0.25, 0.3) is 27.8 Å². The first-order valence-corrected chi connectivity index (χ1v) is 13.9. The summed E-state index contributed by atoms with van der Waals surface area (Å²) in [5.41, 5.74) is 1.95. The number of likely N-dealkylation sites (tertiary alicyclic amines) is 1. The number of rotatable bonds is 4. The average molecular weight is 550 g/mol. The first-order chi connectivity index (χ1) is 18.6. The van der Waals surface area contributed by atoms with Gasteiger partial charge in [0, 0.05) is 49.0 Å². The van der Waals surface area contributed by atoms with Gasteiger partial charge < -0.3 is 9.64 Å². The quantitative estimate of drug-likeness (QED) is 0.330. The van der Waals surface area contributed by atoms with Crippen LogP contribution in [0.3, 0.4) is 0 Å². The van der Waals surface area contributed by atoms with Gasteiger partial charge in [0.05, 0.1) is 24.6 Å². The molecule has 1 saturated heterocycles. The number of hydrogen-bond donors (Lipinski definition) is 0. The van der Waals surface area contributed by atoms with Crippen molar-refractivity contribution in [1.82, 2.24) is 43.4 Å². The maximum Gasteiger partial charge on any atom is 0.410 e. The number of piperidine rings is 1. The molecule has 6 heterocycles. The monoisotopic (exact) mass is 549 g/mol. The Hall–Kier alpha value is -4.33. The maximum atomic E-state index is 13.5. The summed E-state index contributed by atoms with van der Waals surface area (Å²) >= 11 is 0. The molecule has 1 fully saturated rings. The minimum Gasteiger partial charge on any atom is -0.444 e. The lowest BCUT2D eigenvalue weighted by Gasteiger charge is -2.33. The zero-order chi connectivity index (χ0) is 27.4. The Morgan fingerprint density at radius 3 is 2.56 bits per heavy atom. The molecule has 0 bridgehead atoms. The van der Waals surface area contributed by atoms with Gasteiger partial charge in [-0.25, -0.2) is 14.3 Å². The van der Waals surface area contributed by atoms with Crippen LogP contribution in [0.2, 0.25) is 0 Å². The molecule has 0 aromatic carbocycles. The SMILES string of the molecule is CC(C)(C)OC(=O)N1CCC(n2cc(-c3cnc4cnn(S(=O)(=O)c5cnn6cccnc56)c4c3)cn2)CC1. The van der Waals surface area contributed by atoms with Crippen LogP contribution in [0.5, 0.6) is 0 Å². The third kappa shape index (κ3) is 4.60. The molecule has 14 heteroatoms. The van der Waals surface area contributed by atoms with Crippen molar-refractivity contribution in [2.24, 2.45) is 0 Å². The first kappa shape index (κ1) is 25.0. The van der Waals surface area contributed by atoms with E-state index in [0.29, 0.717) is 29.7 Å². The second-order valence-electron chi connectivity index (χ2n) is 10.4. The molecule has 5 aromatic heterocycles. The highest BCUT2D eigenvalue weighted by Gasteiger charge is 2.29. The van der Waals surface area contributed by atoms with Crippen molar-refractivity contribution in [1.29, 1.82) is 0 Å². The molecule has 5 aromatic rings. The lowest BCUT2D eigenvalue weighted by Crippen LogP contribution is -2.42. The zero-order valence-corrected chi connectivity index (χ0v) is 22.5. The Labute approximate surface area is 224 Å². The second kappa shape index (κ2) is 9.15. The van der Waals surface area contributed by atoms with Crippen LogP contribution in [0, 0.1) is 0 Å². The van der Waals surface area contributed by atoms with E-state index in [1.807, 2.05) is 31.6 Å². The van der Waals surface area contributed by atoms with E-state index >= 15 is 0 Å². The summed E-state index contributed by atoms with van der Waals surface area (Å²) in [6.45, 7) is 6.73. The molecule has 0 aliphatic carbocycles. The van der Waals surface area contributed by atoms with E-state index in [1.54, 1.807) is 35.6 Å². The van der Waals surface area contributed by atoms with E-state index in [9.17, 15) is 13.2 Å². The molecule has 0 saturated carbocycles. The molecular formula is C25H27N9O4S. The molecule has 0 radical (unpaired) electrons. The van der Waals surface area contributed by atoms with Gasteiger partial charge in [0.15, 0.2) is 10.5 Å². The van der Waals surface area contributed by atoms with Crippen LogP contribution in [0.15, 0.2) is 60.4 Å². The summed E-state index contributed by atoms with van der Waals surface area (Å²) in [5, 5.41) is 12.8. The number of pyridine rings is 1. The smallest absolute Gasteiger partial charge is 0.410 e. The van der Waals surface area contributed by atoms with Gasteiger partial charge in [0.25, 0.3) is 10.0 Å². The van der Waals surface area contributed by atoms with Crippen LogP contribution in [-0.4, -0.2) is 76.6 Å². The van der Waals surface area contributed by atoms with Crippen LogP contribution in [-0.2, 0) is 14.8 Å². The third-order valence-corrected chi connectivity index (χ3v) is 8.16. The number of carbonyl (C=O) groups excluding carboxylic acids is 1. The minimum atomic E-state index is -4.08. The van der Waals surface area contributed by atoms with E-state index in [1.165, 1.54) is 23.1 Å². The lowest BCUT2D eigenvalue weighted by molar-refractivity contribution is 0.0184. The molecule has 1 aliphatic rings. The average Bonchev–Trinajstić information content (AvgIpc) is 3.66. The van der Waals surface area contributed by atoms with Crippen LogP contribution < -0.4 is 0 Å². The lowest BCUT2D eigenvalue weighted by atomic mass is 10.1. The fourth-order valence-corrected chi connectivity index (χ4v) is 5.96. The Kier molecular flexibility index (Phi) is 5.86. The van der Waals surface area contributed by atoms with Gasteiger partial charge in [-0.2, -0.15) is 27.8 Å². The second-order valence-corrected chi connectivity index (χ2v) is 12.2. The van der Waals surface area contributed by atoms with Gasteiger partial charge in [-0.3, -0.25) is 9.67 Å². The van der Waals surface area contributed by atoms with Gasteiger partial charge in [-0.05, 0) is 45.7 Å². The van der Waals surface area contributed by atoms with Crippen molar-refractivity contribution in [3.63, 3.8) is 0 Å². The van der Waals surface area contributed by atoms with Crippen molar-refractivity contribution in [2.75, 3.05) is 13.1 Å². The maximum absolute atomic E-state index is 13.5. The Morgan fingerprint density at radius 1 is 1.00 bits per heavy atom. The highest BCUT2D eigenvalue weighted by atomic mass is 32.2. The van der Waals surface area contributed by atoms with E-state index in [-0.39, 0.29) is 22.7 Å².